The summed E-state index contributed by atoms with van der Waals surface area (Å²) in [6.07, 6.45) is 3.58. The summed E-state index contributed by atoms with van der Waals surface area (Å²) in [6, 6.07) is 9.99. The Hall–Kier alpha value is -3.41. The number of amides is 1. The Morgan fingerprint density at radius 1 is 1.14 bits per heavy atom. The van der Waals surface area contributed by atoms with E-state index < -0.39 is 5.63 Å². The Morgan fingerprint density at radius 2 is 1.90 bits per heavy atom. The Labute approximate surface area is 165 Å². The summed E-state index contributed by atoms with van der Waals surface area (Å²) in [6.45, 7) is 1.82. The average molecular weight is 391 g/mol. The molecule has 4 aromatic rings. The van der Waals surface area contributed by atoms with Gasteiger partial charge in [-0.2, -0.15) is 0 Å². The standard InChI is InChI=1S/C23H18FNO4/c1-12-16-8-18-19(13-2-4-14(24)5-3-13)11-28-20(18)10-21(16)29-23(27)17(12)9-22(26)25-15-6-7-15/h2-5,8,10-11,15H,6-7,9H2,1H3,(H,25,26). The maximum atomic E-state index is 13.3. The molecule has 2 heterocycles. The second-order valence-corrected chi connectivity index (χ2v) is 7.51. The molecule has 2 aromatic heterocycles. The Kier molecular flexibility index (Phi) is 4.01. The fourth-order valence-electron chi connectivity index (χ4n) is 3.63. The highest BCUT2D eigenvalue weighted by atomic mass is 19.1. The minimum Gasteiger partial charge on any atom is -0.464 e. The number of carbonyl (C=O) groups is 1. The van der Waals surface area contributed by atoms with Crippen molar-refractivity contribution < 1.29 is 18.0 Å². The van der Waals surface area contributed by atoms with E-state index in [1.54, 1.807) is 24.5 Å². The Balaban J connectivity index is 1.63. The molecular weight excluding hydrogens is 373 g/mol. The smallest absolute Gasteiger partial charge is 0.340 e. The predicted molar refractivity (Wildman–Crippen MR) is 107 cm³/mol. The van der Waals surface area contributed by atoms with Gasteiger partial charge in [0.05, 0.1) is 18.2 Å². The van der Waals surface area contributed by atoms with Crippen molar-refractivity contribution in [3.63, 3.8) is 0 Å². The molecule has 0 aliphatic heterocycles. The summed E-state index contributed by atoms with van der Waals surface area (Å²) in [5.41, 5.74) is 3.19. The minimum atomic E-state index is -0.509. The van der Waals surface area contributed by atoms with Gasteiger partial charge in [-0.05, 0) is 49.1 Å². The van der Waals surface area contributed by atoms with Crippen LogP contribution in [0.4, 0.5) is 4.39 Å². The molecule has 1 aliphatic rings. The third-order valence-corrected chi connectivity index (χ3v) is 5.42. The van der Waals surface area contributed by atoms with E-state index in [1.807, 2.05) is 13.0 Å². The number of nitrogens with one attached hydrogen (secondary N) is 1. The number of furan rings is 1. The zero-order chi connectivity index (χ0) is 20.1. The minimum absolute atomic E-state index is 0.00511. The molecule has 1 fully saturated rings. The van der Waals surface area contributed by atoms with Crippen LogP contribution in [0.3, 0.4) is 0 Å². The molecular formula is C23H18FNO4. The van der Waals surface area contributed by atoms with E-state index in [1.165, 1.54) is 12.1 Å². The number of aryl methyl sites for hydroxylation is 1. The quantitative estimate of drug-likeness (QED) is 0.521. The fourth-order valence-corrected chi connectivity index (χ4v) is 3.63. The van der Waals surface area contributed by atoms with Crippen LogP contribution in [0.5, 0.6) is 0 Å². The molecule has 1 N–H and O–H groups in total. The molecule has 0 saturated heterocycles. The van der Waals surface area contributed by atoms with Crippen LogP contribution in [-0.2, 0) is 11.2 Å². The fraction of sp³-hybridized carbons (Fsp3) is 0.217. The van der Waals surface area contributed by atoms with E-state index in [0.717, 1.165) is 40.3 Å². The van der Waals surface area contributed by atoms with E-state index in [9.17, 15) is 14.0 Å². The van der Waals surface area contributed by atoms with Crippen LogP contribution in [0.1, 0.15) is 24.0 Å². The highest BCUT2D eigenvalue weighted by Gasteiger charge is 2.24. The lowest BCUT2D eigenvalue weighted by molar-refractivity contribution is -0.120. The molecule has 2 aromatic carbocycles. The average Bonchev–Trinajstić information content (AvgIpc) is 3.41. The van der Waals surface area contributed by atoms with Gasteiger partial charge in [-0.1, -0.05) is 12.1 Å². The van der Waals surface area contributed by atoms with Gasteiger partial charge in [0, 0.05) is 28.4 Å². The summed E-state index contributed by atoms with van der Waals surface area (Å²) in [5, 5.41) is 4.47. The lowest BCUT2D eigenvalue weighted by atomic mass is 9.99. The predicted octanol–water partition coefficient (Wildman–Crippen LogP) is 4.47. The summed E-state index contributed by atoms with van der Waals surface area (Å²) in [7, 11) is 0. The van der Waals surface area contributed by atoms with Crippen molar-refractivity contribution >= 4 is 27.8 Å². The number of benzene rings is 2. The van der Waals surface area contributed by atoms with Crippen molar-refractivity contribution in [3.05, 3.63) is 70.0 Å². The molecule has 0 radical (unpaired) electrons. The zero-order valence-corrected chi connectivity index (χ0v) is 15.8. The van der Waals surface area contributed by atoms with Gasteiger partial charge in [-0.3, -0.25) is 4.79 Å². The van der Waals surface area contributed by atoms with Gasteiger partial charge in [-0.15, -0.1) is 0 Å². The zero-order valence-electron chi connectivity index (χ0n) is 15.8. The van der Waals surface area contributed by atoms with Crippen LogP contribution in [-0.4, -0.2) is 11.9 Å². The molecule has 0 atom stereocenters. The molecule has 1 saturated carbocycles. The van der Waals surface area contributed by atoms with Gasteiger partial charge in [0.15, 0.2) is 0 Å². The third kappa shape index (κ3) is 3.20. The van der Waals surface area contributed by atoms with Crippen molar-refractivity contribution in [2.75, 3.05) is 0 Å². The molecule has 146 valence electrons. The first kappa shape index (κ1) is 17.7. The maximum Gasteiger partial charge on any atom is 0.340 e. The van der Waals surface area contributed by atoms with E-state index in [0.29, 0.717) is 16.7 Å². The number of hydrogen-bond acceptors (Lipinski definition) is 4. The van der Waals surface area contributed by atoms with Crippen molar-refractivity contribution in [2.45, 2.75) is 32.2 Å². The first-order valence-electron chi connectivity index (χ1n) is 9.52. The third-order valence-electron chi connectivity index (χ3n) is 5.42. The van der Waals surface area contributed by atoms with E-state index in [2.05, 4.69) is 5.32 Å². The van der Waals surface area contributed by atoms with Gasteiger partial charge in [0.2, 0.25) is 5.91 Å². The first-order valence-corrected chi connectivity index (χ1v) is 9.52. The van der Waals surface area contributed by atoms with Crippen LogP contribution in [0.25, 0.3) is 33.1 Å². The van der Waals surface area contributed by atoms with Gasteiger partial charge in [-0.25, -0.2) is 9.18 Å². The van der Waals surface area contributed by atoms with Crippen LogP contribution in [0.15, 0.2) is 56.3 Å². The number of fused-ring (bicyclic) bond motifs is 2. The van der Waals surface area contributed by atoms with Gasteiger partial charge < -0.3 is 14.2 Å². The Bertz CT molecular complexity index is 1310. The highest BCUT2D eigenvalue weighted by Crippen LogP contribution is 2.34. The van der Waals surface area contributed by atoms with Crippen LogP contribution < -0.4 is 10.9 Å². The lowest BCUT2D eigenvalue weighted by Crippen LogP contribution is -2.29. The van der Waals surface area contributed by atoms with Crippen LogP contribution >= 0.6 is 0 Å². The van der Waals surface area contributed by atoms with E-state index in [-0.39, 0.29) is 24.2 Å². The number of halogens is 1. The SMILES string of the molecule is Cc1c(CC(=O)NC2CC2)c(=O)oc2cc3occ(-c4ccc(F)cc4)c3cc12. The molecule has 5 nitrogen and oxygen atoms in total. The largest absolute Gasteiger partial charge is 0.464 e. The molecule has 0 bridgehead atoms. The van der Waals surface area contributed by atoms with E-state index >= 15 is 0 Å². The van der Waals surface area contributed by atoms with Crippen molar-refractivity contribution in [1.29, 1.82) is 0 Å². The monoisotopic (exact) mass is 391 g/mol. The molecule has 6 heteroatoms. The molecule has 1 amide bonds. The Morgan fingerprint density at radius 3 is 2.62 bits per heavy atom. The lowest BCUT2D eigenvalue weighted by Gasteiger charge is -2.08. The second-order valence-electron chi connectivity index (χ2n) is 7.51. The summed E-state index contributed by atoms with van der Waals surface area (Å²) in [5.74, 6) is -0.475. The van der Waals surface area contributed by atoms with Crippen molar-refractivity contribution in [1.82, 2.24) is 5.32 Å². The number of rotatable bonds is 4. The molecule has 29 heavy (non-hydrogen) atoms. The van der Waals surface area contributed by atoms with Gasteiger partial charge in [0.1, 0.15) is 17.0 Å². The summed E-state index contributed by atoms with van der Waals surface area (Å²) in [4.78, 5) is 24.7. The van der Waals surface area contributed by atoms with Crippen molar-refractivity contribution in [2.24, 2.45) is 0 Å². The highest BCUT2D eigenvalue weighted by molar-refractivity contribution is 6.02. The topological polar surface area (TPSA) is 72.5 Å². The van der Waals surface area contributed by atoms with Crippen LogP contribution in [0.2, 0.25) is 0 Å². The second kappa shape index (κ2) is 6.58. The van der Waals surface area contributed by atoms with Crippen molar-refractivity contribution in [3.8, 4) is 11.1 Å². The van der Waals surface area contributed by atoms with E-state index in [4.69, 9.17) is 8.83 Å². The normalized spacial score (nSPS) is 13.9. The van der Waals surface area contributed by atoms with Crippen LogP contribution in [0, 0.1) is 12.7 Å². The number of carbonyl (C=O) groups excluding carboxylic acids is 1. The molecule has 0 unspecified atom stereocenters. The summed E-state index contributed by atoms with van der Waals surface area (Å²) < 4.78 is 24.4. The van der Waals surface area contributed by atoms with Gasteiger partial charge in [0.25, 0.3) is 0 Å². The maximum absolute atomic E-state index is 13.3. The molecule has 0 spiro atoms. The van der Waals surface area contributed by atoms with Gasteiger partial charge >= 0.3 is 5.63 Å². The molecule has 5 rings (SSSR count). The first-order chi connectivity index (χ1) is 14.0. The molecule has 1 aliphatic carbocycles. The summed E-state index contributed by atoms with van der Waals surface area (Å²) >= 11 is 0. The number of hydrogen-bond donors (Lipinski definition) is 1.